The second-order valence-electron chi connectivity index (χ2n) is 6.13. The van der Waals surface area contributed by atoms with E-state index in [0.717, 1.165) is 0 Å². The van der Waals surface area contributed by atoms with Gasteiger partial charge in [-0.05, 0) is 0 Å². The van der Waals surface area contributed by atoms with Gasteiger partial charge in [0.15, 0.2) is 0 Å². The van der Waals surface area contributed by atoms with Crippen LogP contribution >= 0.6 is 0 Å². The Kier molecular flexibility index (Phi) is 9.56. The SMILES string of the molecule is CCC[CH2][Sn]([CH2]CCC)([CH2]CCC)[c]1cnnn1COC. The summed E-state index contributed by atoms with van der Waals surface area (Å²) < 4.78 is 13.2. The van der Waals surface area contributed by atoms with Crippen LogP contribution in [-0.4, -0.2) is 40.5 Å². The molecule has 1 aromatic rings. The average molecular weight is 402 g/mol. The van der Waals surface area contributed by atoms with Gasteiger partial charge in [-0.25, -0.2) is 0 Å². The summed E-state index contributed by atoms with van der Waals surface area (Å²) in [5, 5.41) is 8.51. The molecule has 0 amide bonds. The molecule has 0 aliphatic heterocycles. The molecule has 0 saturated carbocycles. The van der Waals surface area contributed by atoms with Crippen LogP contribution in [0, 0.1) is 0 Å². The molecule has 0 radical (unpaired) electrons. The van der Waals surface area contributed by atoms with Crippen LogP contribution in [0.2, 0.25) is 13.3 Å². The first-order valence-corrected chi connectivity index (χ1v) is 16.1. The molecular formula is C16H33N3OSn. The monoisotopic (exact) mass is 403 g/mol. The third kappa shape index (κ3) is 5.55. The Hall–Kier alpha value is -0.101. The van der Waals surface area contributed by atoms with E-state index in [1.54, 1.807) is 7.11 Å². The molecule has 1 heterocycles. The van der Waals surface area contributed by atoms with Crippen LogP contribution in [0.3, 0.4) is 0 Å². The Bertz CT molecular complexity index is 360. The number of ether oxygens (including phenoxy) is 1. The maximum atomic E-state index is 5.33. The Morgan fingerprint density at radius 1 is 1.00 bits per heavy atom. The summed E-state index contributed by atoms with van der Waals surface area (Å²) in [5.41, 5.74) is 0. The van der Waals surface area contributed by atoms with Crippen LogP contribution in [0.25, 0.3) is 0 Å². The zero-order valence-electron chi connectivity index (χ0n) is 14.4. The van der Waals surface area contributed by atoms with Gasteiger partial charge < -0.3 is 0 Å². The van der Waals surface area contributed by atoms with E-state index in [9.17, 15) is 0 Å². The quantitative estimate of drug-likeness (QED) is 0.498. The van der Waals surface area contributed by atoms with E-state index in [1.165, 1.54) is 55.5 Å². The molecular weight excluding hydrogens is 369 g/mol. The van der Waals surface area contributed by atoms with Gasteiger partial charge in [0.1, 0.15) is 0 Å². The number of unbranched alkanes of at least 4 members (excludes halogenated alkanes) is 3. The molecule has 0 aliphatic carbocycles. The molecule has 0 fully saturated rings. The summed E-state index contributed by atoms with van der Waals surface area (Å²) in [6.07, 6.45) is 10.0. The van der Waals surface area contributed by atoms with E-state index in [-0.39, 0.29) is 0 Å². The van der Waals surface area contributed by atoms with Crippen molar-refractivity contribution in [2.75, 3.05) is 7.11 Å². The van der Waals surface area contributed by atoms with Crippen LogP contribution in [0.1, 0.15) is 59.3 Å². The van der Waals surface area contributed by atoms with E-state index in [2.05, 4.69) is 42.0 Å². The summed E-state index contributed by atoms with van der Waals surface area (Å²) in [6, 6.07) is 0. The second kappa shape index (κ2) is 10.6. The third-order valence-electron chi connectivity index (χ3n) is 4.44. The minimum atomic E-state index is -2.39. The van der Waals surface area contributed by atoms with Crippen LogP contribution in [0.5, 0.6) is 0 Å². The molecule has 0 aliphatic rings. The fourth-order valence-electron chi connectivity index (χ4n) is 3.19. The molecule has 0 unspecified atom stereocenters. The first-order valence-electron chi connectivity index (χ1n) is 8.62. The van der Waals surface area contributed by atoms with Crippen molar-refractivity contribution in [3.8, 4) is 0 Å². The molecule has 5 heteroatoms. The second-order valence-corrected chi connectivity index (χ2v) is 19.2. The van der Waals surface area contributed by atoms with Gasteiger partial charge in [0, 0.05) is 0 Å². The molecule has 1 rings (SSSR count). The van der Waals surface area contributed by atoms with Gasteiger partial charge in [-0.3, -0.25) is 0 Å². The number of hydrogen-bond donors (Lipinski definition) is 0. The maximum absolute atomic E-state index is 5.33. The molecule has 21 heavy (non-hydrogen) atoms. The van der Waals surface area contributed by atoms with Gasteiger partial charge in [0.05, 0.1) is 0 Å². The van der Waals surface area contributed by atoms with Crippen molar-refractivity contribution >= 4 is 22.1 Å². The predicted octanol–water partition coefficient (Wildman–Crippen LogP) is 3.94. The van der Waals surface area contributed by atoms with Crippen LogP contribution in [-0.2, 0) is 11.5 Å². The van der Waals surface area contributed by atoms with E-state index >= 15 is 0 Å². The number of rotatable bonds is 12. The molecule has 4 nitrogen and oxygen atoms in total. The first-order chi connectivity index (χ1) is 10.2. The van der Waals surface area contributed by atoms with E-state index in [0.29, 0.717) is 6.73 Å². The molecule has 0 atom stereocenters. The molecule has 0 aromatic carbocycles. The van der Waals surface area contributed by atoms with Gasteiger partial charge in [-0.1, -0.05) is 0 Å². The van der Waals surface area contributed by atoms with E-state index < -0.39 is 18.4 Å². The van der Waals surface area contributed by atoms with E-state index in [4.69, 9.17) is 4.74 Å². The van der Waals surface area contributed by atoms with Crippen molar-refractivity contribution in [3.05, 3.63) is 6.20 Å². The summed E-state index contributed by atoms with van der Waals surface area (Å²) in [6.45, 7) is 7.47. The van der Waals surface area contributed by atoms with Crippen molar-refractivity contribution in [2.45, 2.75) is 79.3 Å². The molecule has 0 spiro atoms. The normalized spacial score (nSPS) is 12.0. The summed E-state index contributed by atoms with van der Waals surface area (Å²) in [5.74, 6) is 0. The van der Waals surface area contributed by atoms with Crippen molar-refractivity contribution in [2.24, 2.45) is 0 Å². The van der Waals surface area contributed by atoms with Crippen molar-refractivity contribution < 1.29 is 4.74 Å². The standard InChI is InChI=1S/C4H6N3O.3C4H9.Sn/c1-8-4-7-3-2-5-6-7;3*1-3-4-2;/h2H,4H2,1H3;3*1,3-4H2,2H3;. The summed E-state index contributed by atoms with van der Waals surface area (Å²) >= 11 is -2.39. The number of hydrogen-bond acceptors (Lipinski definition) is 3. The minimum absolute atomic E-state index is 0.554. The number of aromatic nitrogens is 3. The van der Waals surface area contributed by atoms with Gasteiger partial charge in [0.25, 0.3) is 0 Å². The molecule has 0 saturated heterocycles. The third-order valence-corrected chi connectivity index (χ3v) is 19.9. The van der Waals surface area contributed by atoms with Gasteiger partial charge in [0.2, 0.25) is 0 Å². The average Bonchev–Trinajstić information content (AvgIpc) is 2.96. The molecule has 0 N–H and O–H groups in total. The van der Waals surface area contributed by atoms with Crippen molar-refractivity contribution in [1.29, 1.82) is 0 Å². The van der Waals surface area contributed by atoms with Crippen molar-refractivity contribution in [3.63, 3.8) is 0 Å². The van der Waals surface area contributed by atoms with Crippen molar-refractivity contribution in [1.82, 2.24) is 15.0 Å². The van der Waals surface area contributed by atoms with Crippen LogP contribution < -0.4 is 3.71 Å². The first kappa shape index (κ1) is 18.9. The predicted molar refractivity (Wildman–Crippen MR) is 91.6 cm³/mol. The van der Waals surface area contributed by atoms with Gasteiger partial charge in [-0.2, -0.15) is 0 Å². The van der Waals surface area contributed by atoms with Crippen LogP contribution in [0.4, 0.5) is 0 Å². The zero-order valence-corrected chi connectivity index (χ0v) is 17.3. The molecule has 1 aromatic heterocycles. The Morgan fingerprint density at radius 2 is 1.52 bits per heavy atom. The Labute approximate surface area is 134 Å². The Morgan fingerprint density at radius 3 is 1.95 bits per heavy atom. The van der Waals surface area contributed by atoms with Gasteiger partial charge in [-0.15, -0.1) is 0 Å². The van der Waals surface area contributed by atoms with Gasteiger partial charge >= 0.3 is 134 Å². The fourth-order valence-corrected chi connectivity index (χ4v) is 19.2. The number of nitrogens with zero attached hydrogens (tertiary/aromatic N) is 3. The summed E-state index contributed by atoms with van der Waals surface area (Å²) in [4.78, 5) is 0. The topological polar surface area (TPSA) is 39.9 Å². The molecule has 0 bridgehead atoms. The number of methoxy groups -OCH3 is 1. The fraction of sp³-hybridized carbons (Fsp3) is 0.875. The molecule has 122 valence electrons. The summed E-state index contributed by atoms with van der Waals surface area (Å²) in [7, 11) is 1.74. The zero-order chi connectivity index (χ0) is 15.6. The Balaban J connectivity index is 3.06. The van der Waals surface area contributed by atoms with Crippen LogP contribution in [0.15, 0.2) is 6.20 Å². The van der Waals surface area contributed by atoms with E-state index in [1.807, 2.05) is 0 Å².